The van der Waals surface area contributed by atoms with Gasteiger partial charge in [0.2, 0.25) is 0 Å². The zero-order valence-electron chi connectivity index (χ0n) is 16.7. The lowest BCUT2D eigenvalue weighted by Crippen LogP contribution is -2.33. The Balaban J connectivity index is 1.45. The number of carboxylic acids is 1. The van der Waals surface area contributed by atoms with Crippen LogP contribution in [0.1, 0.15) is 67.8 Å². The molecule has 5 unspecified atom stereocenters. The maximum Gasteiger partial charge on any atom is 0.335 e. The molecular weight excluding hydrogens is 352 g/mol. The van der Waals surface area contributed by atoms with Crippen LogP contribution in [0.2, 0.25) is 0 Å². The van der Waals surface area contributed by atoms with E-state index in [2.05, 4.69) is 13.0 Å². The van der Waals surface area contributed by atoms with E-state index in [1.807, 2.05) is 18.2 Å². The van der Waals surface area contributed by atoms with Crippen molar-refractivity contribution in [3.63, 3.8) is 0 Å². The van der Waals surface area contributed by atoms with Gasteiger partial charge in [-0.25, -0.2) is 4.79 Å². The van der Waals surface area contributed by atoms with Crippen LogP contribution < -0.4 is 0 Å². The highest BCUT2D eigenvalue weighted by Gasteiger charge is 2.47. The van der Waals surface area contributed by atoms with Crippen LogP contribution in [0.25, 0.3) is 0 Å². The van der Waals surface area contributed by atoms with Gasteiger partial charge in [-0.3, -0.25) is 0 Å². The average molecular weight is 385 g/mol. The molecule has 1 aliphatic carbocycles. The zero-order valence-corrected chi connectivity index (χ0v) is 16.7. The van der Waals surface area contributed by atoms with Crippen molar-refractivity contribution in [1.82, 2.24) is 0 Å². The molecule has 0 radical (unpaired) electrons. The summed E-state index contributed by atoms with van der Waals surface area (Å²) in [6, 6.07) is 7.22. The van der Waals surface area contributed by atoms with Crippen molar-refractivity contribution in [2.24, 2.45) is 17.3 Å². The molecular formula is C24H32O4. The number of fused-ring (bicyclic) bond motifs is 2. The van der Waals surface area contributed by atoms with Crippen molar-refractivity contribution >= 4 is 5.97 Å². The second kappa shape index (κ2) is 8.00. The minimum absolute atomic E-state index is 0.00931. The van der Waals surface area contributed by atoms with Gasteiger partial charge in [0, 0.05) is 5.92 Å². The zero-order chi connectivity index (χ0) is 19.7. The quantitative estimate of drug-likeness (QED) is 0.703. The molecule has 3 aliphatic rings. The standard InChI is InChI=1S/C24H32O4/c1-24(13-3-2-4-14-24)22(25)12-9-18-19(21-11-10-20(18)28-21)15-16-5-7-17(8-6-16)23(26)27/h5-9,12,18-22,25H,2-4,10-11,13-15H2,1H3,(H,26,27)/b12-9+. The van der Waals surface area contributed by atoms with Gasteiger partial charge < -0.3 is 14.9 Å². The lowest BCUT2D eigenvalue weighted by Gasteiger charge is -2.37. The van der Waals surface area contributed by atoms with Gasteiger partial charge in [0.05, 0.1) is 23.9 Å². The third-order valence-electron chi connectivity index (χ3n) is 7.38. The molecule has 5 atom stereocenters. The summed E-state index contributed by atoms with van der Waals surface area (Å²) in [7, 11) is 0. The number of aromatic carboxylic acids is 1. The van der Waals surface area contributed by atoms with E-state index >= 15 is 0 Å². The van der Waals surface area contributed by atoms with E-state index in [4.69, 9.17) is 9.84 Å². The molecule has 2 heterocycles. The van der Waals surface area contributed by atoms with Crippen molar-refractivity contribution in [1.29, 1.82) is 0 Å². The van der Waals surface area contributed by atoms with Crippen LogP contribution in [-0.4, -0.2) is 34.5 Å². The van der Waals surface area contributed by atoms with E-state index in [1.54, 1.807) is 12.1 Å². The Morgan fingerprint density at radius 1 is 1.18 bits per heavy atom. The highest BCUT2D eigenvalue weighted by atomic mass is 16.5. The van der Waals surface area contributed by atoms with Gasteiger partial charge in [-0.05, 0) is 61.1 Å². The summed E-state index contributed by atoms with van der Waals surface area (Å²) in [5.74, 6) is -0.155. The number of carboxylic acid groups (broad SMARTS) is 1. The molecule has 4 rings (SSSR count). The Morgan fingerprint density at radius 2 is 1.86 bits per heavy atom. The molecule has 1 aromatic rings. The van der Waals surface area contributed by atoms with Crippen molar-refractivity contribution in [2.45, 2.75) is 76.6 Å². The second-order valence-corrected chi connectivity index (χ2v) is 9.28. The first-order valence-electron chi connectivity index (χ1n) is 10.8. The minimum atomic E-state index is -0.888. The van der Waals surface area contributed by atoms with Crippen molar-refractivity contribution < 1.29 is 19.7 Å². The van der Waals surface area contributed by atoms with Crippen LogP contribution >= 0.6 is 0 Å². The van der Waals surface area contributed by atoms with E-state index in [1.165, 1.54) is 19.3 Å². The number of hydrogen-bond donors (Lipinski definition) is 2. The fourth-order valence-corrected chi connectivity index (χ4v) is 5.52. The topological polar surface area (TPSA) is 66.8 Å². The molecule has 28 heavy (non-hydrogen) atoms. The third kappa shape index (κ3) is 3.90. The molecule has 4 heteroatoms. The molecule has 3 fully saturated rings. The van der Waals surface area contributed by atoms with Crippen LogP contribution in [0.5, 0.6) is 0 Å². The number of rotatable bonds is 6. The van der Waals surface area contributed by atoms with E-state index in [0.29, 0.717) is 17.4 Å². The molecule has 4 nitrogen and oxygen atoms in total. The maximum absolute atomic E-state index is 11.1. The summed E-state index contributed by atoms with van der Waals surface area (Å²) < 4.78 is 6.21. The molecule has 2 N–H and O–H groups in total. The van der Waals surface area contributed by atoms with Gasteiger partial charge in [-0.15, -0.1) is 0 Å². The van der Waals surface area contributed by atoms with Gasteiger partial charge in [-0.2, -0.15) is 0 Å². The van der Waals surface area contributed by atoms with E-state index in [9.17, 15) is 9.90 Å². The summed E-state index contributed by atoms with van der Waals surface area (Å²) >= 11 is 0. The van der Waals surface area contributed by atoms with Gasteiger partial charge in [0.25, 0.3) is 0 Å². The van der Waals surface area contributed by atoms with Crippen molar-refractivity contribution in [2.75, 3.05) is 0 Å². The van der Waals surface area contributed by atoms with Gasteiger partial charge in [-0.1, -0.05) is 50.5 Å². The molecule has 0 spiro atoms. The summed E-state index contributed by atoms with van der Waals surface area (Å²) in [4.78, 5) is 11.1. The lowest BCUT2D eigenvalue weighted by atomic mass is 9.71. The number of aliphatic hydroxyl groups excluding tert-OH is 1. The van der Waals surface area contributed by atoms with Gasteiger partial charge >= 0.3 is 5.97 Å². The number of ether oxygens (including phenoxy) is 1. The minimum Gasteiger partial charge on any atom is -0.478 e. The first-order valence-corrected chi connectivity index (χ1v) is 10.8. The Kier molecular flexibility index (Phi) is 5.62. The van der Waals surface area contributed by atoms with Crippen LogP contribution in [0, 0.1) is 17.3 Å². The maximum atomic E-state index is 11.1. The fraction of sp³-hybridized carbons (Fsp3) is 0.625. The number of benzene rings is 1. The number of hydrogen-bond acceptors (Lipinski definition) is 3. The molecule has 2 bridgehead atoms. The summed E-state index contributed by atoms with van der Waals surface area (Å²) in [6.07, 6.45) is 13.4. The largest absolute Gasteiger partial charge is 0.478 e. The van der Waals surface area contributed by atoms with E-state index in [0.717, 1.165) is 37.7 Å². The highest BCUT2D eigenvalue weighted by Crippen LogP contribution is 2.46. The fourth-order valence-electron chi connectivity index (χ4n) is 5.52. The second-order valence-electron chi connectivity index (χ2n) is 9.28. The first-order chi connectivity index (χ1) is 13.5. The van der Waals surface area contributed by atoms with Crippen LogP contribution in [-0.2, 0) is 11.2 Å². The molecule has 1 aromatic carbocycles. The molecule has 2 aliphatic heterocycles. The van der Waals surface area contributed by atoms with Gasteiger partial charge in [0.15, 0.2) is 0 Å². The predicted molar refractivity (Wildman–Crippen MR) is 108 cm³/mol. The molecule has 1 saturated carbocycles. The molecule has 152 valence electrons. The van der Waals surface area contributed by atoms with E-state index in [-0.39, 0.29) is 23.7 Å². The summed E-state index contributed by atoms with van der Waals surface area (Å²) in [5.41, 5.74) is 1.49. The number of carbonyl (C=O) groups is 1. The smallest absolute Gasteiger partial charge is 0.335 e. The van der Waals surface area contributed by atoms with Crippen LogP contribution in [0.15, 0.2) is 36.4 Å². The Bertz CT molecular complexity index is 717. The summed E-state index contributed by atoms with van der Waals surface area (Å²) in [5, 5.41) is 19.9. The van der Waals surface area contributed by atoms with Crippen LogP contribution in [0.4, 0.5) is 0 Å². The molecule has 0 aromatic heterocycles. The van der Waals surface area contributed by atoms with Gasteiger partial charge in [0.1, 0.15) is 0 Å². The monoisotopic (exact) mass is 384 g/mol. The highest BCUT2D eigenvalue weighted by molar-refractivity contribution is 5.87. The Hall–Kier alpha value is -1.65. The predicted octanol–water partition coefficient (Wildman–Crippen LogP) is 4.61. The van der Waals surface area contributed by atoms with E-state index < -0.39 is 5.97 Å². The van der Waals surface area contributed by atoms with Crippen molar-refractivity contribution in [3.8, 4) is 0 Å². The molecule has 2 saturated heterocycles. The average Bonchev–Trinajstić information content (AvgIpc) is 3.29. The Labute approximate surface area is 167 Å². The van der Waals surface area contributed by atoms with Crippen molar-refractivity contribution in [3.05, 3.63) is 47.5 Å². The SMILES string of the molecule is CC1(C(O)/C=C/C2C3CCC(O3)C2Cc2ccc(C(=O)O)cc2)CCCCC1. The molecule has 0 amide bonds. The third-order valence-corrected chi connectivity index (χ3v) is 7.38. The van der Waals surface area contributed by atoms with Crippen LogP contribution in [0.3, 0.4) is 0 Å². The lowest BCUT2D eigenvalue weighted by molar-refractivity contribution is 0.0431. The normalized spacial score (nSPS) is 32.6. The Morgan fingerprint density at radius 3 is 2.54 bits per heavy atom. The summed E-state index contributed by atoms with van der Waals surface area (Å²) in [6.45, 7) is 2.22. The number of aliphatic hydroxyl groups is 1. The first kappa shape index (κ1) is 19.7.